The number of nitrogens with one attached hydrogen (secondary N) is 1. The number of benzene rings is 2. The standard InChI is InChI=1S/C50H79NO12S.Ca.2H/c1-2-3-4-5-6-7-8-9-16-27-36-42(60-44(53)37-28-17-12-10-14-21-30-40-32-23-19-24-33-40)49(55)51-46-48(47(63-64(57,58)59)43(39-52)61-50(46)56)62-45(54)38-29-18-13-11-15-22-31-41-34-25-20-26-35-41;;;/h19-20,23-26,32-35,42-43,46-48,50,52,56H,2-18,21-22,27-31,36-39H2,1H3,(H,51,55)(H,57,58,59);;;/t42?,43-,46-,47-,48-,50?;;;/m1.../s1. The van der Waals surface area contributed by atoms with Crippen LogP contribution < -0.4 is 5.32 Å². The van der Waals surface area contributed by atoms with Crippen LogP contribution in [0.5, 0.6) is 0 Å². The van der Waals surface area contributed by atoms with Gasteiger partial charge in [-0.15, -0.1) is 0 Å². The van der Waals surface area contributed by atoms with E-state index in [1.165, 1.54) is 43.2 Å². The van der Waals surface area contributed by atoms with Gasteiger partial charge in [-0.1, -0.05) is 177 Å². The van der Waals surface area contributed by atoms with Gasteiger partial charge in [-0.3, -0.25) is 18.9 Å². The summed E-state index contributed by atoms with van der Waals surface area (Å²) in [5.41, 5.74) is 2.62. The van der Waals surface area contributed by atoms with Gasteiger partial charge in [-0.25, -0.2) is 4.18 Å². The summed E-state index contributed by atoms with van der Waals surface area (Å²) in [6.07, 6.45) is 15.6. The fourth-order valence-electron chi connectivity index (χ4n) is 8.26. The number of carbonyl (C=O) groups excluding carboxylic acids is 3. The van der Waals surface area contributed by atoms with Crippen LogP contribution in [0.25, 0.3) is 0 Å². The predicted octanol–water partition coefficient (Wildman–Crippen LogP) is 8.53. The molecule has 1 saturated heterocycles. The molecule has 65 heavy (non-hydrogen) atoms. The Morgan fingerprint density at radius 2 is 1.09 bits per heavy atom. The maximum atomic E-state index is 14.0. The summed E-state index contributed by atoms with van der Waals surface area (Å²) >= 11 is 0. The number of rotatable bonds is 36. The summed E-state index contributed by atoms with van der Waals surface area (Å²) in [6.45, 7) is 1.32. The summed E-state index contributed by atoms with van der Waals surface area (Å²) < 4.78 is 55.4. The number of aryl methyl sites for hydroxylation is 2. The number of hydrogen-bond acceptors (Lipinski definition) is 11. The van der Waals surface area contributed by atoms with Gasteiger partial charge < -0.3 is 29.7 Å². The number of ether oxygens (including phenoxy) is 3. The molecule has 2 aromatic rings. The van der Waals surface area contributed by atoms with Crippen molar-refractivity contribution in [1.29, 1.82) is 0 Å². The van der Waals surface area contributed by atoms with Crippen LogP contribution in [0.2, 0.25) is 0 Å². The van der Waals surface area contributed by atoms with E-state index in [0.717, 1.165) is 103 Å². The fourth-order valence-corrected chi connectivity index (χ4v) is 8.78. The average molecular weight is 960 g/mol. The Hall–Kier alpha value is -2.14. The Kier molecular flexibility index (Phi) is 32.6. The number of esters is 2. The van der Waals surface area contributed by atoms with E-state index < -0.39 is 71.6 Å². The molecular formula is C50H81CaNO12S. The molecule has 0 aromatic heterocycles. The quantitative estimate of drug-likeness (QED) is 0.0220. The van der Waals surface area contributed by atoms with Crippen molar-refractivity contribution >= 4 is 66.0 Å². The predicted molar refractivity (Wildman–Crippen MR) is 256 cm³/mol. The minimum atomic E-state index is -5.19. The molecule has 1 heterocycles. The number of carbonyl (C=O) groups is 3. The van der Waals surface area contributed by atoms with Crippen LogP contribution in [0.1, 0.15) is 179 Å². The van der Waals surface area contributed by atoms with E-state index in [2.05, 4.69) is 36.5 Å². The first-order chi connectivity index (χ1) is 31.0. The third-order valence-electron chi connectivity index (χ3n) is 11.9. The van der Waals surface area contributed by atoms with Crippen LogP contribution in [0, 0.1) is 0 Å². The van der Waals surface area contributed by atoms with Crippen molar-refractivity contribution in [2.75, 3.05) is 6.61 Å². The summed E-state index contributed by atoms with van der Waals surface area (Å²) in [7, 11) is -5.19. The van der Waals surface area contributed by atoms with Crippen molar-refractivity contribution in [1.82, 2.24) is 5.32 Å². The van der Waals surface area contributed by atoms with E-state index in [1.54, 1.807) is 0 Å². The molecule has 0 spiro atoms. The minimum absolute atomic E-state index is 0. The Morgan fingerprint density at radius 3 is 1.57 bits per heavy atom. The Bertz CT molecular complexity index is 1650. The van der Waals surface area contributed by atoms with Gasteiger partial charge >= 0.3 is 60.1 Å². The third kappa shape index (κ3) is 26.8. The number of aliphatic hydroxyl groups is 2. The number of unbranched alkanes of at least 4 members (excludes halogenated alkanes) is 19. The van der Waals surface area contributed by atoms with Gasteiger partial charge in [-0.2, -0.15) is 8.42 Å². The molecule has 15 heteroatoms. The molecule has 13 nitrogen and oxygen atoms in total. The van der Waals surface area contributed by atoms with E-state index in [-0.39, 0.29) is 57.0 Å². The molecule has 2 unspecified atom stereocenters. The van der Waals surface area contributed by atoms with E-state index >= 15 is 0 Å². The molecule has 1 aliphatic heterocycles. The monoisotopic (exact) mass is 960 g/mol. The van der Waals surface area contributed by atoms with Crippen LogP contribution in [0.3, 0.4) is 0 Å². The molecule has 3 rings (SSSR count). The van der Waals surface area contributed by atoms with Crippen LogP contribution in [0.15, 0.2) is 60.7 Å². The number of hydrogen-bond donors (Lipinski definition) is 4. The second-order valence-corrected chi connectivity index (χ2v) is 18.4. The molecule has 0 radical (unpaired) electrons. The second kappa shape index (κ2) is 35.9. The van der Waals surface area contributed by atoms with Crippen molar-refractivity contribution in [3.8, 4) is 0 Å². The Balaban J connectivity index is 0.0000145. The summed E-state index contributed by atoms with van der Waals surface area (Å²) in [4.78, 5) is 40.4. The van der Waals surface area contributed by atoms with Crippen molar-refractivity contribution in [2.24, 2.45) is 0 Å². The summed E-state index contributed by atoms with van der Waals surface area (Å²) in [5, 5.41) is 23.7. The van der Waals surface area contributed by atoms with Crippen molar-refractivity contribution in [3.05, 3.63) is 71.8 Å². The Labute approximate surface area is 419 Å². The van der Waals surface area contributed by atoms with Crippen LogP contribution in [-0.2, 0) is 56.0 Å². The molecule has 0 saturated carbocycles. The van der Waals surface area contributed by atoms with Crippen molar-refractivity contribution in [3.63, 3.8) is 0 Å². The van der Waals surface area contributed by atoms with Gasteiger partial charge in [0, 0.05) is 12.8 Å². The first kappa shape index (κ1) is 59.0. The molecule has 6 atom stereocenters. The molecule has 1 amide bonds. The van der Waals surface area contributed by atoms with Gasteiger partial charge in [0.05, 0.1) is 6.61 Å². The van der Waals surface area contributed by atoms with Gasteiger partial charge in [0.2, 0.25) is 0 Å². The summed E-state index contributed by atoms with van der Waals surface area (Å²) in [6, 6.07) is 19.0. The van der Waals surface area contributed by atoms with Gasteiger partial charge in [-0.05, 0) is 62.5 Å². The number of amides is 1. The van der Waals surface area contributed by atoms with Crippen LogP contribution in [-0.4, -0.2) is 122 Å². The normalized spacial score (nSPS) is 18.9. The van der Waals surface area contributed by atoms with Crippen molar-refractivity contribution in [2.45, 2.75) is 217 Å². The summed E-state index contributed by atoms with van der Waals surface area (Å²) in [5.74, 6) is -2.09. The zero-order chi connectivity index (χ0) is 46.3. The van der Waals surface area contributed by atoms with Crippen molar-refractivity contribution < 1.29 is 56.0 Å². The van der Waals surface area contributed by atoms with Crippen LogP contribution in [0.4, 0.5) is 0 Å². The average Bonchev–Trinajstić information content (AvgIpc) is 3.27. The SMILES string of the molecule is CCCCCCCCCCCCC(OC(=O)CCCCCCCCc1ccccc1)C(=O)N[C@H]1C(O)O[C@H](CO)[C@@H](OS(=O)(=O)O)[C@@H]1OC(=O)CCCCCCCCc1ccccc1.[CaH2]. The second-order valence-electron chi connectivity index (χ2n) is 17.4. The van der Waals surface area contributed by atoms with Gasteiger partial charge in [0.25, 0.3) is 5.91 Å². The fraction of sp³-hybridized carbons (Fsp3) is 0.700. The molecule has 0 aliphatic carbocycles. The zero-order valence-electron chi connectivity index (χ0n) is 38.5. The van der Waals surface area contributed by atoms with E-state index in [0.29, 0.717) is 19.3 Å². The zero-order valence-corrected chi connectivity index (χ0v) is 39.3. The molecule has 2 aromatic carbocycles. The topological polar surface area (TPSA) is 195 Å². The molecule has 4 N–H and O–H groups in total. The first-order valence-electron chi connectivity index (χ1n) is 24.4. The number of aliphatic hydroxyl groups excluding tert-OH is 2. The molecule has 0 bridgehead atoms. The third-order valence-corrected chi connectivity index (χ3v) is 12.4. The molecule has 1 fully saturated rings. The first-order valence-corrected chi connectivity index (χ1v) is 25.7. The van der Waals surface area contributed by atoms with Crippen LogP contribution >= 0.6 is 0 Å². The Morgan fingerprint density at radius 1 is 0.646 bits per heavy atom. The molecular weight excluding hydrogens is 879 g/mol. The molecule has 366 valence electrons. The maximum absolute atomic E-state index is 14.0. The van der Waals surface area contributed by atoms with Gasteiger partial charge in [0.15, 0.2) is 18.5 Å². The van der Waals surface area contributed by atoms with E-state index in [4.69, 9.17) is 18.4 Å². The van der Waals surface area contributed by atoms with E-state index in [1.807, 2.05) is 36.4 Å². The molecule has 1 aliphatic rings. The van der Waals surface area contributed by atoms with Gasteiger partial charge in [0.1, 0.15) is 18.2 Å². The van der Waals surface area contributed by atoms with E-state index in [9.17, 15) is 37.6 Å².